The molecule has 0 bridgehead atoms. The zero-order valence-electron chi connectivity index (χ0n) is 14.4. The molecule has 126 valence electrons. The normalized spacial score (nSPS) is 12.6. The number of aromatic nitrogens is 4. The molecule has 0 fully saturated rings. The molecule has 1 atom stereocenters. The maximum Gasteiger partial charge on any atom is 0.248 e. The van der Waals surface area contributed by atoms with Crippen molar-refractivity contribution in [2.24, 2.45) is 5.92 Å². The van der Waals surface area contributed by atoms with E-state index < -0.39 is 0 Å². The van der Waals surface area contributed by atoms with Crippen LogP contribution >= 0.6 is 0 Å². The lowest BCUT2D eigenvalue weighted by molar-refractivity contribution is -0.121. The monoisotopic (exact) mass is 319 g/mol. The molecule has 7 nitrogen and oxygen atoms in total. The summed E-state index contributed by atoms with van der Waals surface area (Å²) in [5.41, 5.74) is 3.08. The van der Waals surface area contributed by atoms with Crippen LogP contribution in [-0.2, 0) is 17.6 Å². The highest BCUT2D eigenvalue weighted by molar-refractivity contribution is 5.76. The Hall–Kier alpha value is -2.18. The first-order chi connectivity index (χ1) is 10.9. The van der Waals surface area contributed by atoms with Gasteiger partial charge in [0.15, 0.2) is 5.82 Å². The fourth-order valence-corrected chi connectivity index (χ4v) is 2.28. The van der Waals surface area contributed by atoms with E-state index in [9.17, 15) is 4.79 Å². The van der Waals surface area contributed by atoms with Crippen molar-refractivity contribution in [2.45, 2.75) is 59.9 Å². The van der Waals surface area contributed by atoms with Gasteiger partial charge in [-0.2, -0.15) is 10.1 Å². The number of nitrogens with one attached hydrogen (secondary N) is 2. The van der Waals surface area contributed by atoms with Crippen molar-refractivity contribution in [3.8, 4) is 0 Å². The Balaban J connectivity index is 1.84. The summed E-state index contributed by atoms with van der Waals surface area (Å²) in [4.78, 5) is 16.4. The van der Waals surface area contributed by atoms with Gasteiger partial charge in [0, 0.05) is 25.0 Å². The summed E-state index contributed by atoms with van der Waals surface area (Å²) in [7, 11) is 0. The molecule has 1 amide bonds. The van der Waals surface area contributed by atoms with Gasteiger partial charge in [0.05, 0.1) is 5.69 Å². The highest BCUT2D eigenvalue weighted by Gasteiger charge is 2.17. The molecular formula is C16H25N5O2. The Morgan fingerprint density at radius 1 is 1.30 bits per heavy atom. The predicted octanol–water partition coefficient (Wildman–Crippen LogP) is 2.42. The van der Waals surface area contributed by atoms with Crippen LogP contribution in [0.25, 0.3) is 0 Å². The summed E-state index contributed by atoms with van der Waals surface area (Å²) in [5, 5.41) is 14.0. The molecule has 7 heteroatoms. The molecule has 23 heavy (non-hydrogen) atoms. The molecule has 0 saturated heterocycles. The quantitative estimate of drug-likeness (QED) is 0.817. The van der Waals surface area contributed by atoms with Gasteiger partial charge in [-0.25, -0.2) is 0 Å². The largest absolute Gasteiger partial charge is 0.345 e. The van der Waals surface area contributed by atoms with Crippen molar-refractivity contribution >= 4 is 5.91 Å². The zero-order chi connectivity index (χ0) is 17.0. The molecule has 0 aliphatic carbocycles. The molecule has 0 radical (unpaired) electrons. The van der Waals surface area contributed by atoms with E-state index >= 15 is 0 Å². The molecule has 0 spiro atoms. The summed E-state index contributed by atoms with van der Waals surface area (Å²) in [6.07, 6.45) is 1.75. The molecule has 2 rings (SSSR count). The number of aromatic amines is 1. The summed E-state index contributed by atoms with van der Waals surface area (Å²) < 4.78 is 5.22. The highest BCUT2D eigenvalue weighted by atomic mass is 16.5. The lowest BCUT2D eigenvalue weighted by Gasteiger charge is -2.09. The van der Waals surface area contributed by atoms with Gasteiger partial charge in [-0.3, -0.25) is 9.89 Å². The fraction of sp³-hybridized carbons (Fsp3) is 0.625. The van der Waals surface area contributed by atoms with Crippen molar-refractivity contribution in [1.82, 2.24) is 25.7 Å². The lowest BCUT2D eigenvalue weighted by Crippen LogP contribution is -2.27. The summed E-state index contributed by atoms with van der Waals surface area (Å²) >= 11 is 0. The third-order valence-corrected chi connectivity index (χ3v) is 3.77. The molecule has 0 saturated carbocycles. The van der Waals surface area contributed by atoms with Crippen molar-refractivity contribution in [3.63, 3.8) is 0 Å². The van der Waals surface area contributed by atoms with Crippen molar-refractivity contribution in [2.75, 3.05) is 0 Å². The van der Waals surface area contributed by atoms with Gasteiger partial charge in [-0.05, 0) is 32.3 Å². The van der Waals surface area contributed by atoms with Crippen LogP contribution in [0.3, 0.4) is 0 Å². The third kappa shape index (κ3) is 4.64. The van der Waals surface area contributed by atoms with Crippen LogP contribution in [0.4, 0.5) is 0 Å². The second-order valence-electron chi connectivity index (χ2n) is 6.36. The lowest BCUT2D eigenvalue weighted by atomic mass is 10.1. The van der Waals surface area contributed by atoms with Crippen molar-refractivity contribution in [1.29, 1.82) is 0 Å². The SMILES string of the molecule is Cc1[nH]nc(CCC(=O)NC(C)c2nc(CC(C)C)no2)c1C. The van der Waals surface area contributed by atoms with Crippen LogP contribution in [0.2, 0.25) is 0 Å². The molecule has 2 aromatic rings. The summed E-state index contributed by atoms with van der Waals surface area (Å²) in [6.45, 7) is 10.0. The van der Waals surface area contributed by atoms with E-state index in [2.05, 4.69) is 39.5 Å². The van der Waals surface area contributed by atoms with Crippen LogP contribution in [0, 0.1) is 19.8 Å². The first kappa shape index (κ1) is 17.2. The Bertz CT molecular complexity index is 659. The third-order valence-electron chi connectivity index (χ3n) is 3.77. The number of H-pyrrole nitrogens is 1. The highest BCUT2D eigenvalue weighted by Crippen LogP contribution is 2.13. The van der Waals surface area contributed by atoms with E-state index in [1.165, 1.54) is 0 Å². The number of nitrogens with zero attached hydrogens (tertiary/aromatic N) is 3. The average molecular weight is 319 g/mol. The van der Waals surface area contributed by atoms with Crippen LogP contribution in [0.15, 0.2) is 4.52 Å². The van der Waals surface area contributed by atoms with Gasteiger partial charge in [0.25, 0.3) is 0 Å². The smallest absolute Gasteiger partial charge is 0.248 e. The van der Waals surface area contributed by atoms with Gasteiger partial charge in [-0.15, -0.1) is 0 Å². The van der Waals surface area contributed by atoms with E-state index in [-0.39, 0.29) is 11.9 Å². The van der Waals surface area contributed by atoms with Gasteiger partial charge in [-0.1, -0.05) is 19.0 Å². The van der Waals surface area contributed by atoms with E-state index in [1.54, 1.807) is 0 Å². The molecule has 1 unspecified atom stereocenters. The number of hydrogen-bond acceptors (Lipinski definition) is 5. The minimum atomic E-state index is -0.294. The Morgan fingerprint density at radius 2 is 2.04 bits per heavy atom. The number of carbonyl (C=O) groups excluding carboxylic acids is 1. The molecular weight excluding hydrogens is 294 g/mol. The molecule has 2 heterocycles. The average Bonchev–Trinajstić information content (AvgIpc) is 3.05. The van der Waals surface area contributed by atoms with Crippen molar-refractivity contribution < 1.29 is 9.32 Å². The number of hydrogen-bond donors (Lipinski definition) is 2. The molecule has 0 aromatic carbocycles. The predicted molar refractivity (Wildman–Crippen MR) is 85.8 cm³/mol. The van der Waals surface area contributed by atoms with Crippen LogP contribution in [0.1, 0.15) is 61.9 Å². The van der Waals surface area contributed by atoms with Crippen LogP contribution < -0.4 is 5.32 Å². The summed E-state index contributed by atoms with van der Waals surface area (Å²) in [5.74, 6) is 1.53. The van der Waals surface area contributed by atoms with Crippen LogP contribution in [-0.4, -0.2) is 26.2 Å². The van der Waals surface area contributed by atoms with E-state index in [0.717, 1.165) is 23.4 Å². The molecule has 2 aromatic heterocycles. The Kier molecular flexibility index (Phi) is 5.52. The fourth-order valence-electron chi connectivity index (χ4n) is 2.28. The van der Waals surface area contributed by atoms with Crippen LogP contribution in [0.5, 0.6) is 0 Å². The number of rotatable bonds is 7. The standard InChI is InChI=1S/C16H25N5O2/c1-9(2)8-14-18-16(23-21-14)12(5)17-15(22)7-6-13-10(3)11(4)19-20-13/h9,12H,6-8H2,1-5H3,(H,17,22)(H,19,20). The van der Waals surface area contributed by atoms with Gasteiger partial charge in [0.1, 0.15) is 6.04 Å². The van der Waals surface area contributed by atoms with E-state index in [1.807, 2.05) is 20.8 Å². The van der Waals surface area contributed by atoms with Gasteiger partial charge in [0.2, 0.25) is 11.8 Å². The maximum atomic E-state index is 12.1. The second-order valence-corrected chi connectivity index (χ2v) is 6.36. The second kappa shape index (κ2) is 7.39. The Labute approximate surface area is 136 Å². The minimum absolute atomic E-state index is 0.0545. The molecule has 0 aliphatic heterocycles. The maximum absolute atomic E-state index is 12.1. The molecule has 0 aliphatic rings. The summed E-state index contributed by atoms with van der Waals surface area (Å²) in [6, 6.07) is -0.294. The first-order valence-corrected chi connectivity index (χ1v) is 7.99. The Morgan fingerprint density at radius 3 is 2.65 bits per heavy atom. The number of amides is 1. The van der Waals surface area contributed by atoms with E-state index in [4.69, 9.17) is 4.52 Å². The molecule has 2 N–H and O–H groups in total. The zero-order valence-corrected chi connectivity index (χ0v) is 14.4. The number of carbonyl (C=O) groups is 1. The minimum Gasteiger partial charge on any atom is -0.345 e. The van der Waals surface area contributed by atoms with E-state index in [0.29, 0.717) is 30.5 Å². The topological polar surface area (TPSA) is 96.7 Å². The van der Waals surface area contributed by atoms with Gasteiger partial charge < -0.3 is 9.84 Å². The van der Waals surface area contributed by atoms with Crippen molar-refractivity contribution in [3.05, 3.63) is 28.7 Å². The first-order valence-electron chi connectivity index (χ1n) is 7.99. The van der Waals surface area contributed by atoms with Gasteiger partial charge >= 0.3 is 0 Å². The number of aryl methyl sites for hydroxylation is 2.